The van der Waals surface area contributed by atoms with Gasteiger partial charge in [-0.1, -0.05) is 0 Å². The molecule has 1 aromatic carbocycles. The second-order valence-electron chi connectivity index (χ2n) is 4.41. The Labute approximate surface area is 112 Å². The highest BCUT2D eigenvalue weighted by Gasteiger charge is 2.26. The molecule has 0 aliphatic carbocycles. The van der Waals surface area contributed by atoms with Crippen LogP contribution in [0.15, 0.2) is 18.2 Å². The van der Waals surface area contributed by atoms with E-state index in [4.69, 9.17) is 5.11 Å². The van der Waals surface area contributed by atoms with Crippen LogP contribution >= 0.6 is 0 Å². The number of hydrogen-bond donors (Lipinski definition) is 2. The molecule has 0 unspecified atom stereocenters. The Hall–Kier alpha value is -1.60. The van der Waals surface area contributed by atoms with Gasteiger partial charge in [0.1, 0.15) is 0 Å². The van der Waals surface area contributed by atoms with Crippen molar-refractivity contribution in [2.24, 2.45) is 0 Å². The van der Waals surface area contributed by atoms with E-state index in [0.29, 0.717) is 24.2 Å². The summed E-state index contributed by atoms with van der Waals surface area (Å²) in [5, 5.41) is 11.2. The second kappa shape index (κ2) is 5.18. The van der Waals surface area contributed by atoms with Crippen molar-refractivity contribution in [2.45, 2.75) is 6.42 Å². The lowest BCUT2D eigenvalue weighted by Crippen LogP contribution is -2.28. The van der Waals surface area contributed by atoms with Gasteiger partial charge in [-0.15, -0.1) is 0 Å². The molecule has 1 aromatic rings. The summed E-state index contributed by atoms with van der Waals surface area (Å²) in [6.07, 6.45) is 1.77. The summed E-state index contributed by atoms with van der Waals surface area (Å²) in [6.45, 7) is 0.500. The molecule has 1 aliphatic rings. The number of hydrogen-bond acceptors (Lipinski definition) is 4. The molecule has 0 bridgehead atoms. The third-order valence-electron chi connectivity index (χ3n) is 2.99. The van der Waals surface area contributed by atoms with Gasteiger partial charge in [0.25, 0.3) is 5.91 Å². The van der Waals surface area contributed by atoms with Gasteiger partial charge in [-0.3, -0.25) is 9.10 Å². The van der Waals surface area contributed by atoms with Crippen LogP contribution in [0, 0.1) is 0 Å². The van der Waals surface area contributed by atoms with Gasteiger partial charge in [0.2, 0.25) is 10.0 Å². The Morgan fingerprint density at radius 2 is 2.21 bits per heavy atom. The van der Waals surface area contributed by atoms with Gasteiger partial charge in [-0.2, -0.15) is 0 Å². The van der Waals surface area contributed by atoms with Crippen LogP contribution in [0.4, 0.5) is 5.69 Å². The monoisotopic (exact) mass is 284 g/mol. The zero-order valence-corrected chi connectivity index (χ0v) is 11.4. The summed E-state index contributed by atoms with van der Waals surface area (Å²) in [7, 11) is -3.26. The lowest BCUT2D eigenvalue weighted by atomic mass is 10.1. The van der Waals surface area contributed by atoms with Crippen LogP contribution in [0.1, 0.15) is 15.9 Å². The normalized spacial score (nSPS) is 14.3. The molecule has 1 heterocycles. The number of fused-ring (bicyclic) bond motifs is 1. The zero-order chi connectivity index (χ0) is 14.0. The van der Waals surface area contributed by atoms with E-state index >= 15 is 0 Å². The van der Waals surface area contributed by atoms with Crippen LogP contribution in [0.25, 0.3) is 0 Å². The number of aliphatic hydroxyl groups is 1. The van der Waals surface area contributed by atoms with Gasteiger partial charge in [0.15, 0.2) is 0 Å². The molecule has 0 fully saturated rings. The van der Waals surface area contributed by atoms with Crippen molar-refractivity contribution in [1.82, 2.24) is 5.32 Å². The maximum Gasteiger partial charge on any atom is 0.251 e. The van der Waals surface area contributed by atoms with Crippen molar-refractivity contribution >= 4 is 21.6 Å². The highest BCUT2D eigenvalue weighted by atomic mass is 32.2. The standard InChI is InChI=1S/C12H16N2O4S/c1-19(17,18)14-6-4-9-8-10(2-3-11(9)14)12(16)13-5-7-15/h2-3,8,15H,4-7H2,1H3,(H,13,16). The molecule has 0 saturated carbocycles. The van der Waals surface area contributed by atoms with Crippen molar-refractivity contribution in [1.29, 1.82) is 0 Å². The fourth-order valence-electron chi connectivity index (χ4n) is 2.13. The average Bonchev–Trinajstić information content (AvgIpc) is 2.78. The lowest BCUT2D eigenvalue weighted by molar-refractivity contribution is 0.0944. The summed E-state index contributed by atoms with van der Waals surface area (Å²) >= 11 is 0. The Morgan fingerprint density at radius 1 is 1.47 bits per heavy atom. The fraction of sp³-hybridized carbons (Fsp3) is 0.417. The molecule has 2 N–H and O–H groups in total. The van der Waals surface area contributed by atoms with Gasteiger partial charge in [-0.05, 0) is 30.2 Å². The minimum Gasteiger partial charge on any atom is -0.395 e. The molecule has 1 amide bonds. The van der Waals surface area contributed by atoms with E-state index in [1.807, 2.05) is 0 Å². The van der Waals surface area contributed by atoms with Crippen molar-refractivity contribution in [3.05, 3.63) is 29.3 Å². The number of rotatable bonds is 4. The molecule has 104 valence electrons. The smallest absolute Gasteiger partial charge is 0.251 e. The van der Waals surface area contributed by atoms with E-state index in [9.17, 15) is 13.2 Å². The topological polar surface area (TPSA) is 86.7 Å². The number of benzene rings is 1. The van der Waals surface area contributed by atoms with E-state index in [-0.39, 0.29) is 19.1 Å². The van der Waals surface area contributed by atoms with Crippen LogP contribution in [0.3, 0.4) is 0 Å². The number of anilines is 1. The summed E-state index contributed by atoms with van der Waals surface area (Å²) in [6, 6.07) is 4.94. The van der Waals surface area contributed by atoms with Crippen molar-refractivity contribution in [3.8, 4) is 0 Å². The molecule has 0 atom stereocenters. The van der Waals surface area contributed by atoms with Crippen LogP contribution in [0.2, 0.25) is 0 Å². The largest absolute Gasteiger partial charge is 0.395 e. The Balaban J connectivity index is 2.25. The molecule has 6 nitrogen and oxygen atoms in total. The third kappa shape index (κ3) is 2.87. The zero-order valence-electron chi connectivity index (χ0n) is 10.6. The first-order valence-electron chi connectivity index (χ1n) is 5.93. The van der Waals surface area contributed by atoms with E-state index in [1.54, 1.807) is 18.2 Å². The van der Waals surface area contributed by atoms with E-state index in [2.05, 4.69) is 5.32 Å². The van der Waals surface area contributed by atoms with Gasteiger partial charge in [-0.25, -0.2) is 8.42 Å². The van der Waals surface area contributed by atoms with Crippen molar-refractivity contribution < 1.29 is 18.3 Å². The van der Waals surface area contributed by atoms with Crippen LogP contribution < -0.4 is 9.62 Å². The molecule has 19 heavy (non-hydrogen) atoms. The Morgan fingerprint density at radius 3 is 2.84 bits per heavy atom. The first-order valence-corrected chi connectivity index (χ1v) is 7.78. The first kappa shape index (κ1) is 13.8. The molecule has 0 radical (unpaired) electrons. The van der Waals surface area contributed by atoms with Gasteiger partial charge in [0, 0.05) is 18.7 Å². The summed E-state index contributed by atoms with van der Waals surface area (Å²) < 4.78 is 24.5. The number of carbonyl (C=O) groups excluding carboxylic acids is 1. The minimum absolute atomic E-state index is 0.113. The molecule has 7 heteroatoms. The average molecular weight is 284 g/mol. The predicted molar refractivity (Wildman–Crippen MR) is 71.8 cm³/mol. The number of aliphatic hydroxyl groups excluding tert-OH is 1. The predicted octanol–water partition coefficient (Wildman–Crippen LogP) is -0.269. The molecule has 1 aliphatic heterocycles. The van der Waals surface area contributed by atoms with E-state index in [1.165, 1.54) is 10.6 Å². The lowest BCUT2D eigenvalue weighted by Gasteiger charge is -2.16. The molecule has 0 aromatic heterocycles. The van der Waals surface area contributed by atoms with Crippen LogP contribution in [-0.4, -0.2) is 45.4 Å². The fourth-order valence-corrected chi connectivity index (χ4v) is 3.09. The third-order valence-corrected chi connectivity index (χ3v) is 4.17. The second-order valence-corrected chi connectivity index (χ2v) is 6.31. The SMILES string of the molecule is CS(=O)(=O)N1CCc2cc(C(=O)NCCO)ccc21. The number of nitrogens with zero attached hydrogens (tertiary/aromatic N) is 1. The van der Waals surface area contributed by atoms with Gasteiger partial charge in [0.05, 0.1) is 18.6 Å². The van der Waals surface area contributed by atoms with Crippen molar-refractivity contribution in [2.75, 3.05) is 30.3 Å². The number of amides is 1. The molecule has 0 saturated heterocycles. The quantitative estimate of drug-likeness (QED) is 0.797. The minimum atomic E-state index is -3.26. The number of carbonyl (C=O) groups is 1. The first-order chi connectivity index (χ1) is 8.93. The molecular weight excluding hydrogens is 268 g/mol. The highest BCUT2D eigenvalue weighted by molar-refractivity contribution is 7.92. The Bertz CT molecular complexity index is 598. The van der Waals surface area contributed by atoms with E-state index in [0.717, 1.165) is 5.56 Å². The summed E-state index contributed by atoms with van der Waals surface area (Å²) in [5.74, 6) is -0.269. The maximum atomic E-state index is 11.7. The van der Waals surface area contributed by atoms with Crippen LogP contribution in [0.5, 0.6) is 0 Å². The summed E-state index contributed by atoms with van der Waals surface area (Å²) in [4.78, 5) is 11.7. The number of nitrogens with one attached hydrogen (secondary N) is 1. The van der Waals surface area contributed by atoms with Gasteiger partial charge < -0.3 is 10.4 Å². The number of sulfonamides is 1. The van der Waals surface area contributed by atoms with Crippen LogP contribution in [-0.2, 0) is 16.4 Å². The molecular formula is C12H16N2O4S. The highest BCUT2D eigenvalue weighted by Crippen LogP contribution is 2.30. The van der Waals surface area contributed by atoms with E-state index < -0.39 is 10.0 Å². The van der Waals surface area contributed by atoms with Crippen molar-refractivity contribution in [3.63, 3.8) is 0 Å². The molecule has 0 spiro atoms. The maximum absolute atomic E-state index is 11.7. The summed E-state index contributed by atoms with van der Waals surface area (Å²) in [5.41, 5.74) is 1.96. The Kier molecular flexibility index (Phi) is 3.77. The van der Waals surface area contributed by atoms with Gasteiger partial charge >= 0.3 is 0 Å². The molecule has 2 rings (SSSR count).